The Morgan fingerprint density at radius 3 is 2.46 bits per heavy atom. The Balaban J connectivity index is 1.83. The lowest BCUT2D eigenvalue weighted by Crippen LogP contribution is -2.52. The van der Waals surface area contributed by atoms with Gasteiger partial charge in [0.05, 0.1) is 31.5 Å². The minimum Gasteiger partial charge on any atom is -0.493 e. The number of benzene rings is 2. The van der Waals surface area contributed by atoms with E-state index >= 15 is 0 Å². The van der Waals surface area contributed by atoms with Crippen LogP contribution >= 0.6 is 0 Å². The van der Waals surface area contributed by atoms with Crippen molar-refractivity contribution in [2.24, 2.45) is 0 Å². The highest BCUT2D eigenvalue weighted by Crippen LogP contribution is 2.40. The smallest absolute Gasteiger partial charge is 0.343 e. The third kappa shape index (κ3) is 4.76. The fraction of sp³-hybridized carbons (Fsp3) is 0.357. The zero-order valence-corrected chi connectivity index (χ0v) is 21.0. The van der Waals surface area contributed by atoms with E-state index in [0.717, 1.165) is 23.1 Å². The number of methoxy groups -OCH3 is 1. The Bertz CT molecular complexity index is 1280. The summed E-state index contributed by atoms with van der Waals surface area (Å²) in [6.45, 7) is 9.31. The van der Waals surface area contributed by atoms with E-state index in [1.807, 2.05) is 47.1 Å². The predicted molar refractivity (Wildman–Crippen MR) is 136 cm³/mol. The molecule has 2 heterocycles. The van der Waals surface area contributed by atoms with Gasteiger partial charge >= 0.3 is 5.97 Å². The van der Waals surface area contributed by atoms with Gasteiger partial charge in [0.1, 0.15) is 12.2 Å². The first-order chi connectivity index (χ1) is 16.8. The quantitative estimate of drug-likeness (QED) is 0.430. The van der Waals surface area contributed by atoms with Crippen molar-refractivity contribution in [1.29, 1.82) is 0 Å². The highest BCUT2D eigenvalue weighted by Gasteiger charge is 2.33. The van der Waals surface area contributed by atoms with Crippen molar-refractivity contribution in [3.63, 3.8) is 0 Å². The van der Waals surface area contributed by atoms with Crippen molar-refractivity contribution in [3.8, 4) is 22.8 Å². The minimum absolute atomic E-state index is 0.0192. The summed E-state index contributed by atoms with van der Waals surface area (Å²) in [5.41, 5.74) is 3.02. The molecule has 1 aliphatic rings. The summed E-state index contributed by atoms with van der Waals surface area (Å²) >= 11 is 0. The van der Waals surface area contributed by atoms with Crippen LogP contribution in [-0.4, -0.2) is 29.9 Å². The lowest BCUT2D eigenvalue weighted by Gasteiger charge is -2.45. The fourth-order valence-corrected chi connectivity index (χ4v) is 4.19. The Hall–Kier alpha value is -3.74. The summed E-state index contributed by atoms with van der Waals surface area (Å²) in [6, 6.07) is 15.4. The number of ether oxygens (including phenoxy) is 3. The van der Waals surface area contributed by atoms with Crippen molar-refractivity contribution < 1.29 is 19.0 Å². The van der Waals surface area contributed by atoms with Crippen molar-refractivity contribution in [2.75, 3.05) is 18.7 Å². The summed E-state index contributed by atoms with van der Waals surface area (Å²) in [7, 11) is 1.60. The second-order valence-electron chi connectivity index (χ2n) is 9.16. The van der Waals surface area contributed by atoms with Gasteiger partial charge in [-0.2, -0.15) is 0 Å². The van der Waals surface area contributed by atoms with Crippen LogP contribution in [0.15, 0.2) is 59.5 Å². The van der Waals surface area contributed by atoms with Gasteiger partial charge in [-0.15, -0.1) is 0 Å². The number of carbonyl (C=O) groups is 1. The number of fused-ring (bicyclic) bond motifs is 3. The van der Waals surface area contributed by atoms with E-state index in [0.29, 0.717) is 30.3 Å². The monoisotopic (exact) mass is 476 g/mol. The molecule has 0 bridgehead atoms. The van der Waals surface area contributed by atoms with Gasteiger partial charge in [-0.25, -0.2) is 4.79 Å². The number of rotatable bonds is 8. The lowest BCUT2D eigenvalue weighted by atomic mass is 9.95. The van der Waals surface area contributed by atoms with Crippen LogP contribution in [0.3, 0.4) is 0 Å². The molecule has 0 N–H and O–H groups in total. The van der Waals surface area contributed by atoms with Gasteiger partial charge < -0.3 is 19.2 Å². The molecule has 35 heavy (non-hydrogen) atoms. The number of nitrogens with zero attached hydrogens (tertiary/aromatic N) is 2. The predicted octanol–water partition coefficient (Wildman–Crippen LogP) is 4.92. The molecular formula is C28H32N2O5. The first-order valence-corrected chi connectivity index (χ1v) is 11.9. The van der Waals surface area contributed by atoms with Crippen molar-refractivity contribution in [1.82, 2.24) is 4.68 Å². The summed E-state index contributed by atoms with van der Waals surface area (Å²) in [6.07, 6.45) is 2.46. The number of hydrogen-bond donors (Lipinski definition) is 0. The molecule has 0 fully saturated rings. The molecule has 0 spiro atoms. The Morgan fingerprint density at radius 2 is 1.80 bits per heavy atom. The van der Waals surface area contributed by atoms with E-state index in [2.05, 4.69) is 25.8 Å². The Kier molecular flexibility index (Phi) is 6.87. The molecule has 7 nitrogen and oxygen atoms in total. The number of esters is 1. The molecule has 1 aromatic heterocycles. The standard InChI is InChI=1S/C28H32N2O5/c1-6-28(3,4)30-16-20-13-26(35-18-19-11-9-8-10-12-19)25(33-5)14-21(20)23-15-24(31)22(17-29(23)30)27(32)34-7-2/h8-15,17H,6-7,16,18H2,1-5H3. The molecule has 0 radical (unpaired) electrons. The highest BCUT2D eigenvalue weighted by molar-refractivity contribution is 5.89. The molecule has 0 saturated heterocycles. The van der Waals surface area contributed by atoms with Gasteiger partial charge in [-0.05, 0) is 50.5 Å². The molecule has 2 aromatic carbocycles. The molecule has 3 aromatic rings. The van der Waals surface area contributed by atoms with E-state index in [9.17, 15) is 9.59 Å². The first kappa shape index (κ1) is 24.4. The molecular weight excluding hydrogens is 444 g/mol. The summed E-state index contributed by atoms with van der Waals surface area (Å²) in [5.74, 6) is 0.606. The third-order valence-corrected chi connectivity index (χ3v) is 6.57. The normalized spacial score (nSPS) is 12.5. The lowest BCUT2D eigenvalue weighted by molar-refractivity contribution is 0.0523. The van der Waals surface area contributed by atoms with Crippen LogP contribution in [0.2, 0.25) is 0 Å². The van der Waals surface area contributed by atoms with Gasteiger partial charge in [-0.3, -0.25) is 9.47 Å². The zero-order chi connectivity index (χ0) is 25.2. The van der Waals surface area contributed by atoms with Gasteiger partial charge in [0.25, 0.3) is 0 Å². The van der Waals surface area contributed by atoms with E-state index in [1.165, 1.54) is 6.07 Å². The second-order valence-corrected chi connectivity index (χ2v) is 9.16. The number of pyridine rings is 1. The van der Waals surface area contributed by atoms with Crippen molar-refractivity contribution in [3.05, 3.63) is 81.6 Å². The van der Waals surface area contributed by atoms with E-state index in [1.54, 1.807) is 20.2 Å². The van der Waals surface area contributed by atoms with Gasteiger partial charge in [0.15, 0.2) is 16.9 Å². The minimum atomic E-state index is -0.616. The van der Waals surface area contributed by atoms with E-state index < -0.39 is 5.97 Å². The maximum absolute atomic E-state index is 12.9. The third-order valence-electron chi connectivity index (χ3n) is 6.57. The molecule has 0 aliphatic carbocycles. The summed E-state index contributed by atoms with van der Waals surface area (Å²) in [4.78, 5) is 25.4. The van der Waals surface area contributed by atoms with E-state index in [-0.39, 0.29) is 23.1 Å². The molecule has 4 rings (SSSR count). The van der Waals surface area contributed by atoms with Crippen LogP contribution in [0.5, 0.6) is 11.5 Å². The van der Waals surface area contributed by atoms with Gasteiger partial charge in [0.2, 0.25) is 0 Å². The topological polar surface area (TPSA) is 70.0 Å². The van der Waals surface area contributed by atoms with Gasteiger partial charge in [-0.1, -0.05) is 37.3 Å². The summed E-state index contributed by atoms with van der Waals surface area (Å²) < 4.78 is 18.8. The molecule has 7 heteroatoms. The zero-order valence-electron chi connectivity index (χ0n) is 21.0. The average molecular weight is 477 g/mol. The Labute approximate surface area is 205 Å². The van der Waals surface area contributed by atoms with Crippen LogP contribution in [0.25, 0.3) is 11.3 Å². The maximum Gasteiger partial charge on any atom is 0.343 e. The number of carbonyl (C=O) groups excluding carboxylic acids is 1. The number of hydrogen-bond acceptors (Lipinski definition) is 6. The molecule has 0 amide bonds. The highest BCUT2D eigenvalue weighted by atomic mass is 16.5. The fourth-order valence-electron chi connectivity index (χ4n) is 4.19. The molecule has 0 atom stereocenters. The molecule has 184 valence electrons. The SMILES string of the molecule is CCOC(=O)c1cn2c(cc1=O)-c1cc(OC)c(OCc3ccccc3)cc1CN2C(C)(C)CC. The van der Waals surface area contributed by atoms with Crippen molar-refractivity contribution in [2.45, 2.75) is 52.8 Å². The van der Waals surface area contributed by atoms with Gasteiger partial charge in [0, 0.05) is 17.8 Å². The Morgan fingerprint density at radius 1 is 1.06 bits per heavy atom. The largest absolute Gasteiger partial charge is 0.493 e. The van der Waals surface area contributed by atoms with Crippen LogP contribution < -0.4 is 19.9 Å². The second kappa shape index (κ2) is 9.86. The summed E-state index contributed by atoms with van der Waals surface area (Å²) in [5, 5.41) is 2.17. The first-order valence-electron chi connectivity index (χ1n) is 11.9. The van der Waals surface area contributed by atoms with Crippen LogP contribution in [-0.2, 0) is 17.9 Å². The molecule has 0 saturated carbocycles. The molecule has 1 aliphatic heterocycles. The van der Waals surface area contributed by atoms with E-state index in [4.69, 9.17) is 14.2 Å². The van der Waals surface area contributed by atoms with Crippen LogP contribution in [0.4, 0.5) is 0 Å². The van der Waals surface area contributed by atoms with Crippen molar-refractivity contribution >= 4 is 5.97 Å². The van der Waals surface area contributed by atoms with Crippen LogP contribution in [0, 0.1) is 0 Å². The molecule has 0 unspecified atom stereocenters. The maximum atomic E-state index is 12.9. The average Bonchev–Trinajstić information content (AvgIpc) is 2.86. The number of aromatic nitrogens is 1. The van der Waals surface area contributed by atoms with Crippen LogP contribution in [0.1, 0.15) is 55.6 Å².